The van der Waals surface area contributed by atoms with Gasteiger partial charge in [0.1, 0.15) is 12.1 Å². The number of carbonyl (C=O) groups is 3. The van der Waals surface area contributed by atoms with E-state index < -0.39 is 31.7 Å². The Morgan fingerprint density at radius 3 is 2.37 bits per heavy atom. The van der Waals surface area contributed by atoms with Crippen LogP contribution in [-0.2, 0) is 28.3 Å². The summed E-state index contributed by atoms with van der Waals surface area (Å²) < 4.78 is 17.0. The van der Waals surface area contributed by atoms with Gasteiger partial charge in [-0.25, -0.2) is 4.79 Å². The van der Waals surface area contributed by atoms with Crippen molar-refractivity contribution in [1.82, 2.24) is 10.6 Å². The minimum absolute atomic E-state index is 0.0260. The molecule has 1 aliphatic rings. The topological polar surface area (TPSA) is 103 Å². The molecule has 0 radical (unpaired) electrons. The molecule has 1 heterocycles. The van der Waals surface area contributed by atoms with Gasteiger partial charge in [-0.15, -0.1) is 0 Å². The average Bonchev–Trinajstić information content (AvgIpc) is 2.93. The van der Waals surface area contributed by atoms with Crippen molar-refractivity contribution in [3.63, 3.8) is 0 Å². The fourth-order valence-corrected chi connectivity index (χ4v) is 5.73. The van der Waals surface area contributed by atoms with Gasteiger partial charge in [-0.2, -0.15) is 0 Å². The molecule has 256 valence electrons. The van der Waals surface area contributed by atoms with Crippen LogP contribution in [0.4, 0.5) is 0 Å². The molecule has 1 aliphatic heterocycles. The Morgan fingerprint density at radius 1 is 1.17 bits per heavy atom. The van der Waals surface area contributed by atoms with Crippen molar-refractivity contribution in [2.75, 3.05) is 7.11 Å². The van der Waals surface area contributed by atoms with Crippen LogP contribution >= 0.6 is 11.6 Å². The van der Waals surface area contributed by atoms with Crippen molar-refractivity contribution in [2.45, 2.75) is 118 Å². The Balaban J connectivity index is 2.81. The number of esters is 1. The van der Waals surface area contributed by atoms with Crippen molar-refractivity contribution < 1.29 is 28.3 Å². The Labute approximate surface area is 283 Å². The molecular weight excluding hydrogens is 620 g/mol. The third kappa shape index (κ3) is 14.6. The molecule has 8 nitrogen and oxygen atoms in total. The van der Waals surface area contributed by atoms with E-state index in [9.17, 15) is 14.4 Å². The van der Waals surface area contributed by atoms with Crippen molar-refractivity contribution in [2.24, 2.45) is 11.3 Å². The van der Waals surface area contributed by atoms with E-state index in [2.05, 4.69) is 56.3 Å². The average molecular weight is 675 g/mol. The molecule has 2 amide bonds. The van der Waals surface area contributed by atoms with Crippen LogP contribution < -0.4 is 10.6 Å². The van der Waals surface area contributed by atoms with Crippen LogP contribution in [0.5, 0.6) is 0 Å². The smallest absolute Gasteiger partial charge is 0.373 e. The van der Waals surface area contributed by atoms with E-state index >= 15 is 0 Å². The third-order valence-corrected chi connectivity index (χ3v) is 12.7. The van der Waals surface area contributed by atoms with Gasteiger partial charge in [-0.3, -0.25) is 9.59 Å². The van der Waals surface area contributed by atoms with Crippen LogP contribution in [0, 0.1) is 23.2 Å². The fraction of sp³-hybridized carbons (Fsp3) is 0.583. The van der Waals surface area contributed by atoms with Gasteiger partial charge in [0, 0.05) is 17.4 Å². The highest BCUT2D eigenvalue weighted by Crippen LogP contribution is 2.38. The number of ether oxygens (including phenoxy) is 2. The molecule has 0 aromatic carbocycles. The molecule has 0 fully saturated rings. The number of rotatable bonds is 13. The van der Waals surface area contributed by atoms with E-state index in [1.807, 2.05) is 59.8 Å². The van der Waals surface area contributed by atoms with E-state index in [1.165, 1.54) is 7.11 Å². The molecule has 0 spiro atoms. The number of hydrogen-bond donors (Lipinski definition) is 2. The fourth-order valence-electron chi connectivity index (χ4n) is 4.26. The minimum atomic E-state index is -2.01. The molecule has 0 saturated carbocycles. The number of halogens is 1. The van der Waals surface area contributed by atoms with Gasteiger partial charge in [-0.05, 0) is 74.5 Å². The minimum Gasteiger partial charge on any atom is -0.490 e. The van der Waals surface area contributed by atoms with E-state index in [0.29, 0.717) is 24.3 Å². The van der Waals surface area contributed by atoms with Crippen LogP contribution in [0.15, 0.2) is 59.0 Å². The number of amides is 2. The molecule has 0 aromatic heterocycles. The summed E-state index contributed by atoms with van der Waals surface area (Å²) in [6, 6.07) is -0.808. The van der Waals surface area contributed by atoms with Crippen LogP contribution in [-0.4, -0.2) is 51.5 Å². The molecular formula is C36H55ClN2O6Si. The molecule has 0 saturated heterocycles. The van der Waals surface area contributed by atoms with Crippen molar-refractivity contribution in [3.8, 4) is 11.8 Å². The van der Waals surface area contributed by atoms with Crippen molar-refractivity contribution in [1.29, 1.82) is 0 Å². The summed E-state index contributed by atoms with van der Waals surface area (Å²) in [6.07, 6.45) is 14.0. The first-order chi connectivity index (χ1) is 21.2. The zero-order valence-corrected chi connectivity index (χ0v) is 31.6. The Bertz CT molecular complexity index is 1280. The highest BCUT2D eigenvalue weighted by atomic mass is 35.5. The first-order valence-corrected chi connectivity index (χ1v) is 19.0. The van der Waals surface area contributed by atoms with Gasteiger partial charge < -0.3 is 24.5 Å². The number of nitrogens with one attached hydrogen (secondary N) is 2. The molecule has 1 rings (SSSR count). The standard InChI is InChI=1S/C36H55ClN2O6Si/c1-25(24-26(2)29-21-22-30(43-10)34(42)44-29)16-13-14-18-31(40)39-32(35(4,5)6)33(41)38-23-15-17-28(20-19-27(3)37)45-46(11,12)36(7,8)9/h13,15-16,19,22-24,26,28-29,32H,17,20-21H2,1-12H3,(H,38,41)(H,39,40)/b16-13-,23-15-,25-24+,27-19+/t26-,28+,29-,32+/m0/s1. The molecule has 0 bridgehead atoms. The lowest BCUT2D eigenvalue weighted by atomic mass is 9.86. The lowest BCUT2D eigenvalue weighted by molar-refractivity contribution is -0.151. The van der Waals surface area contributed by atoms with Gasteiger partial charge in [-0.1, -0.05) is 95.9 Å². The largest absolute Gasteiger partial charge is 0.490 e. The number of cyclic esters (lactones) is 1. The van der Waals surface area contributed by atoms with Crippen molar-refractivity contribution in [3.05, 3.63) is 59.0 Å². The summed E-state index contributed by atoms with van der Waals surface area (Å²) in [5.41, 5.74) is 0.350. The zero-order valence-electron chi connectivity index (χ0n) is 29.8. The predicted molar refractivity (Wildman–Crippen MR) is 189 cm³/mol. The third-order valence-electron chi connectivity index (χ3n) is 8.02. The molecule has 46 heavy (non-hydrogen) atoms. The van der Waals surface area contributed by atoms with Crippen LogP contribution in [0.25, 0.3) is 0 Å². The second kappa shape index (κ2) is 18.3. The maximum absolute atomic E-state index is 13.1. The van der Waals surface area contributed by atoms with Gasteiger partial charge in [0.15, 0.2) is 14.1 Å². The predicted octanol–water partition coefficient (Wildman–Crippen LogP) is 7.45. The maximum Gasteiger partial charge on any atom is 0.373 e. The second-order valence-electron chi connectivity index (χ2n) is 14.3. The number of methoxy groups -OCH3 is 1. The normalized spacial score (nSPS) is 18.7. The van der Waals surface area contributed by atoms with E-state index in [0.717, 1.165) is 5.57 Å². The molecule has 0 aliphatic carbocycles. The second-order valence-corrected chi connectivity index (χ2v) is 19.6. The summed E-state index contributed by atoms with van der Waals surface area (Å²) >= 11 is 6.09. The summed E-state index contributed by atoms with van der Waals surface area (Å²) in [5.74, 6) is 4.11. The van der Waals surface area contributed by atoms with Gasteiger partial charge in [0.2, 0.25) is 5.91 Å². The van der Waals surface area contributed by atoms with E-state index in [1.54, 1.807) is 24.4 Å². The Kier molecular flexibility index (Phi) is 16.3. The SMILES string of the molecule is COC1=CC[C@@H]([C@@H](C)/C=C(C)/C=C\C#CC(=O)N[C@H](C(=O)N/C=C\C[C@H](C/C=C(\C)Cl)O[Si](C)(C)C(C)(C)C)C(C)(C)C)OC1=O. The van der Waals surface area contributed by atoms with Crippen LogP contribution in [0.2, 0.25) is 18.1 Å². The van der Waals surface area contributed by atoms with Crippen LogP contribution in [0.1, 0.15) is 81.6 Å². The summed E-state index contributed by atoms with van der Waals surface area (Å²) in [5, 5.41) is 6.34. The summed E-state index contributed by atoms with van der Waals surface area (Å²) in [6.45, 7) is 22.4. The molecule has 0 unspecified atom stereocenters. The number of carbonyl (C=O) groups excluding carboxylic acids is 3. The zero-order chi connectivity index (χ0) is 35.3. The van der Waals surface area contributed by atoms with Gasteiger partial charge in [0.25, 0.3) is 5.91 Å². The van der Waals surface area contributed by atoms with E-state index in [4.69, 9.17) is 25.5 Å². The quantitative estimate of drug-likeness (QED) is 0.0911. The van der Waals surface area contributed by atoms with Gasteiger partial charge in [0.05, 0.1) is 13.2 Å². The Hall–Kier alpha value is -3.06. The highest BCUT2D eigenvalue weighted by Gasteiger charge is 2.39. The molecule has 2 N–H and O–H groups in total. The maximum atomic E-state index is 13.1. The molecule has 0 aromatic rings. The van der Waals surface area contributed by atoms with Gasteiger partial charge >= 0.3 is 5.97 Å². The lowest BCUT2D eigenvalue weighted by Crippen LogP contribution is -2.52. The number of allylic oxidation sites excluding steroid dienone is 4. The highest BCUT2D eigenvalue weighted by molar-refractivity contribution is 6.74. The first-order valence-electron chi connectivity index (χ1n) is 15.8. The number of hydrogen-bond acceptors (Lipinski definition) is 6. The van der Waals surface area contributed by atoms with Crippen molar-refractivity contribution >= 4 is 37.7 Å². The summed E-state index contributed by atoms with van der Waals surface area (Å²) in [4.78, 5) is 37.7. The monoisotopic (exact) mass is 674 g/mol. The molecule has 4 atom stereocenters. The molecule has 10 heteroatoms. The summed E-state index contributed by atoms with van der Waals surface area (Å²) in [7, 11) is -0.567. The Morgan fingerprint density at radius 2 is 1.83 bits per heavy atom. The lowest BCUT2D eigenvalue weighted by Gasteiger charge is -2.39. The first kappa shape index (κ1) is 41.0. The van der Waals surface area contributed by atoms with E-state index in [-0.39, 0.29) is 34.8 Å². The van der Waals surface area contributed by atoms with Crippen LogP contribution in [0.3, 0.4) is 0 Å².